The van der Waals surface area contributed by atoms with Crippen LogP contribution in [0.2, 0.25) is 5.02 Å². The van der Waals surface area contributed by atoms with E-state index in [1.165, 1.54) is 6.08 Å². The highest BCUT2D eigenvalue weighted by Gasteiger charge is 2.35. The quantitative estimate of drug-likeness (QED) is 0.235. The van der Waals surface area contributed by atoms with Gasteiger partial charge in [-0.15, -0.1) is 0 Å². The van der Waals surface area contributed by atoms with Crippen molar-refractivity contribution in [2.45, 2.75) is 20.5 Å². The zero-order valence-corrected chi connectivity index (χ0v) is 23.1. The SMILES string of the molecule is CCOc1cc(/C=C2/NC(=O)N(CC(=O)Nc3cccc(C)c3)C2=O)c(Br)cc1OCc1ccccc1Cl. The van der Waals surface area contributed by atoms with Gasteiger partial charge in [-0.2, -0.15) is 0 Å². The third-order valence-electron chi connectivity index (χ3n) is 5.57. The Hall–Kier alpha value is -3.82. The number of imide groups is 1. The van der Waals surface area contributed by atoms with Crippen molar-refractivity contribution in [3.8, 4) is 11.5 Å². The smallest absolute Gasteiger partial charge is 0.329 e. The summed E-state index contributed by atoms with van der Waals surface area (Å²) in [5.41, 5.74) is 2.99. The Morgan fingerprint density at radius 1 is 1.08 bits per heavy atom. The van der Waals surface area contributed by atoms with Gasteiger partial charge >= 0.3 is 6.03 Å². The van der Waals surface area contributed by atoms with E-state index in [0.717, 1.165) is 16.0 Å². The van der Waals surface area contributed by atoms with Crippen LogP contribution in [0.4, 0.5) is 10.5 Å². The number of hydrogen-bond donors (Lipinski definition) is 2. The van der Waals surface area contributed by atoms with Crippen molar-refractivity contribution in [3.63, 3.8) is 0 Å². The summed E-state index contributed by atoms with van der Waals surface area (Å²) in [4.78, 5) is 38.8. The molecule has 3 aromatic rings. The molecule has 0 radical (unpaired) electrons. The molecule has 0 bridgehead atoms. The van der Waals surface area contributed by atoms with Gasteiger partial charge in [0.25, 0.3) is 5.91 Å². The lowest BCUT2D eigenvalue weighted by molar-refractivity contribution is -0.127. The number of anilines is 1. The number of benzene rings is 3. The number of carbonyl (C=O) groups is 3. The van der Waals surface area contributed by atoms with Gasteiger partial charge < -0.3 is 20.1 Å². The summed E-state index contributed by atoms with van der Waals surface area (Å²) in [6.07, 6.45) is 1.52. The fourth-order valence-electron chi connectivity index (χ4n) is 3.75. The van der Waals surface area contributed by atoms with Crippen LogP contribution >= 0.6 is 27.5 Å². The molecular weight excluding hydrogens is 574 g/mol. The molecule has 0 spiro atoms. The Balaban J connectivity index is 1.50. The van der Waals surface area contributed by atoms with E-state index in [0.29, 0.717) is 38.9 Å². The number of hydrogen-bond acceptors (Lipinski definition) is 5. The van der Waals surface area contributed by atoms with Gasteiger partial charge in [0.15, 0.2) is 11.5 Å². The predicted octanol–water partition coefficient (Wildman–Crippen LogP) is 5.92. The number of carbonyl (C=O) groups excluding carboxylic acids is 3. The Morgan fingerprint density at radius 3 is 2.58 bits per heavy atom. The zero-order chi connectivity index (χ0) is 27.2. The lowest BCUT2D eigenvalue weighted by atomic mass is 10.1. The molecule has 0 saturated carbocycles. The minimum absolute atomic E-state index is 0.0336. The van der Waals surface area contributed by atoms with Gasteiger partial charge in [0.2, 0.25) is 5.91 Å². The zero-order valence-electron chi connectivity index (χ0n) is 20.7. The van der Waals surface area contributed by atoms with Gasteiger partial charge in [-0.25, -0.2) is 9.69 Å². The van der Waals surface area contributed by atoms with Crippen LogP contribution in [0, 0.1) is 6.92 Å². The number of nitrogens with zero attached hydrogens (tertiary/aromatic N) is 1. The third kappa shape index (κ3) is 6.54. The lowest BCUT2D eigenvalue weighted by Crippen LogP contribution is -2.38. The molecule has 1 heterocycles. The number of ether oxygens (including phenoxy) is 2. The fraction of sp³-hybridized carbons (Fsp3) is 0.179. The summed E-state index contributed by atoms with van der Waals surface area (Å²) in [7, 11) is 0. The first kappa shape index (κ1) is 27.2. The van der Waals surface area contributed by atoms with Gasteiger partial charge in [0.1, 0.15) is 18.8 Å². The van der Waals surface area contributed by atoms with Crippen molar-refractivity contribution < 1.29 is 23.9 Å². The molecule has 10 heteroatoms. The van der Waals surface area contributed by atoms with Crippen LogP contribution in [-0.2, 0) is 16.2 Å². The minimum Gasteiger partial charge on any atom is -0.490 e. The number of aryl methyl sites for hydroxylation is 1. The van der Waals surface area contributed by atoms with Crippen LogP contribution in [0.1, 0.15) is 23.6 Å². The summed E-state index contributed by atoms with van der Waals surface area (Å²) < 4.78 is 12.3. The second-order valence-electron chi connectivity index (χ2n) is 8.43. The van der Waals surface area contributed by atoms with Crippen LogP contribution in [-0.4, -0.2) is 35.9 Å². The van der Waals surface area contributed by atoms with Gasteiger partial charge in [0, 0.05) is 20.7 Å². The number of urea groups is 1. The molecule has 0 atom stereocenters. The average Bonchev–Trinajstić information content (AvgIpc) is 3.13. The largest absolute Gasteiger partial charge is 0.490 e. The topological polar surface area (TPSA) is 97.0 Å². The number of rotatable bonds is 9. The first-order valence-corrected chi connectivity index (χ1v) is 13.0. The Bertz CT molecular complexity index is 1430. The van der Waals surface area contributed by atoms with Crippen LogP contribution < -0.4 is 20.1 Å². The molecule has 1 fully saturated rings. The van der Waals surface area contributed by atoms with Crippen LogP contribution in [0.3, 0.4) is 0 Å². The molecule has 38 heavy (non-hydrogen) atoms. The van der Waals surface area contributed by atoms with Crippen LogP contribution in [0.15, 0.2) is 70.8 Å². The van der Waals surface area contributed by atoms with Crippen molar-refractivity contribution in [1.82, 2.24) is 10.2 Å². The van der Waals surface area contributed by atoms with Crippen LogP contribution in [0.5, 0.6) is 11.5 Å². The standard InChI is InChI=1S/C28H25BrClN3O5/c1-3-37-24-13-19(21(29)14-25(24)38-16-18-8-4-5-10-22(18)30)12-23-27(35)33(28(36)32-23)15-26(34)31-20-9-6-7-17(2)11-20/h4-14H,3,15-16H2,1-2H3,(H,31,34)(H,32,36)/b23-12+. The Labute approximate surface area is 233 Å². The summed E-state index contributed by atoms with van der Waals surface area (Å²) in [5, 5.41) is 5.83. The molecule has 1 aliphatic heterocycles. The first-order chi connectivity index (χ1) is 18.2. The van der Waals surface area contributed by atoms with E-state index in [1.807, 2.05) is 38.1 Å². The monoisotopic (exact) mass is 597 g/mol. The average molecular weight is 599 g/mol. The summed E-state index contributed by atoms with van der Waals surface area (Å²) >= 11 is 9.74. The molecule has 4 rings (SSSR count). The highest BCUT2D eigenvalue weighted by molar-refractivity contribution is 9.10. The van der Waals surface area contributed by atoms with E-state index in [9.17, 15) is 14.4 Å². The molecule has 1 aliphatic rings. The lowest BCUT2D eigenvalue weighted by Gasteiger charge is -2.15. The van der Waals surface area contributed by atoms with Gasteiger partial charge in [0.05, 0.1) is 6.61 Å². The molecule has 1 saturated heterocycles. The maximum Gasteiger partial charge on any atom is 0.329 e. The van der Waals surface area contributed by atoms with Crippen molar-refractivity contribution in [1.29, 1.82) is 0 Å². The molecule has 3 aromatic carbocycles. The first-order valence-electron chi connectivity index (χ1n) is 11.8. The Morgan fingerprint density at radius 2 is 1.84 bits per heavy atom. The van der Waals surface area contributed by atoms with E-state index in [1.54, 1.807) is 36.4 Å². The summed E-state index contributed by atoms with van der Waals surface area (Å²) in [6.45, 7) is 3.95. The van der Waals surface area contributed by atoms with E-state index in [-0.39, 0.29) is 12.3 Å². The van der Waals surface area contributed by atoms with Gasteiger partial charge in [-0.05, 0) is 61.4 Å². The van der Waals surface area contributed by atoms with Crippen molar-refractivity contribution in [3.05, 3.63) is 92.5 Å². The second-order valence-corrected chi connectivity index (χ2v) is 9.69. The van der Waals surface area contributed by atoms with Crippen molar-refractivity contribution in [2.75, 3.05) is 18.5 Å². The van der Waals surface area contributed by atoms with Gasteiger partial charge in [-0.1, -0.05) is 57.9 Å². The molecule has 196 valence electrons. The van der Waals surface area contributed by atoms with E-state index >= 15 is 0 Å². The highest BCUT2D eigenvalue weighted by atomic mass is 79.9. The van der Waals surface area contributed by atoms with E-state index in [2.05, 4.69) is 26.6 Å². The maximum absolute atomic E-state index is 13.0. The second kappa shape index (κ2) is 12.1. The molecule has 8 nitrogen and oxygen atoms in total. The molecule has 0 aliphatic carbocycles. The van der Waals surface area contributed by atoms with E-state index < -0.39 is 24.4 Å². The van der Waals surface area contributed by atoms with E-state index in [4.69, 9.17) is 21.1 Å². The van der Waals surface area contributed by atoms with Crippen molar-refractivity contribution in [2.24, 2.45) is 0 Å². The highest BCUT2D eigenvalue weighted by Crippen LogP contribution is 2.36. The number of amides is 4. The van der Waals surface area contributed by atoms with Crippen molar-refractivity contribution >= 4 is 57.1 Å². The fourth-order valence-corrected chi connectivity index (χ4v) is 4.38. The Kier molecular flexibility index (Phi) is 8.70. The van der Waals surface area contributed by atoms with Crippen LogP contribution in [0.25, 0.3) is 6.08 Å². The predicted molar refractivity (Wildman–Crippen MR) is 149 cm³/mol. The third-order valence-corrected chi connectivity index (χ3v) is 6.63. The molecular formula is C28H25BrClN3O5. The summed E-state index contributed by atoms with van der Waals surface area (Å²) in [5.74, 6) is -0.156. The summed E-state index contributed by atoms with van der Waals surface area (Å²) in [6, 6.07) is 17.4. The number of nitrogens with one attached hydrogen (secondary N) is 2. The minimum atomic E-state index is -0.679. The molecule has 2 N–H and O–H groups in total. The molecule has 4 amide bonds. The number of halogens is 2. The molecule has 0 aromatic heterocycles. The maximum atomic E-state index is 13.0. The molecule has 0 unspecified atom stereocenters. The van der Waals surface area contributed by atoms with Gasteiger partial charge in [-0.3, -0.25) is 9.59 Å². The normalized spacial score (nSPS) is 14.0.